The van der Waals surface area contributed by atoms with Crippen molar-refractivity contribution in [2.45, 2.75) is 46.1 Å². The number of likely N-dealkylation sites (tertiary alicyclic amines) is 1. The predicted molar refractivity (Wildman–Crippen MR) is 93.5 cm³/mol. The summed E-state index contributed by atoms with van der Waals surface area (Å²) in [5.74, 6) is -0.0119. The van der Waals surface area contributed by atoms with Gasteiger partial charge in [-0.25, -0.2) is 0 Å². The number of hydrogen-bond acceptors (Lipinski definition) is 4. The van der Waals surface area contributed by atoms with E-state index in [1.807, 2.05) is 26.0 Å². The van der Waals surface area contributed by atoms with Crippen molar-refractivity contribution in [1.29, 1.82) is 0 Å². The lowest BCUT2D eigenvalue weighted by Crippen LogP contribution is -2.56. The van der Waals surface area contributed by atoms with Gasteiger partial charge in [0.05, 0.1) is 6.10 Å². The third-order valence-corrected chi connectivity index (χ3v) is 5.20. The molecule has 1 heterocycles. The van der Waals surface area contributed by atoms with E-state index in [1.165, 1.54) is 5.56 Å². The zero-order chi connectivity index (χ0) is 17.7. The van der Waals surface area contributed by atoms with E-state index in [0.717, 1.165) is 17.7 Å². The minimum atomic E-state index is -1.05. The van der Waals surface area contributed by atoms with Crippen molar-refractivity contribution in [3.05, 3.63) is 29.3 Å². The van der Waals surface area contributed by atoms with Crippen LogP contribution >= 0.6 is 0 Å². The third kappa shape index (κ3) is 3.90. The molecule has 0 radical (unpaired) electrons. The van der Waals surface area contributed by atoms with Crippen LogP contribution in [0.3, 0.4) is 0 Å². The second-order valence-electron chi connectivity index (χ2n) is 6.84. The molecule has 134 valence electrons. The Balaban J connectivity index is 1.95. The fourth-order valence-corrected chi connectivity index (χ4v) is 3.53. The highest BCUT2D eigenvalue weighted by Gasteiger charge is 2.48. The van der Waals surface area contributed by atoms with Crippen LogP contribution in [-0.4, -0.2) is 53.4 Å². The molecule has 0 spiro atoms. The van der Waals surface area contributed by atoms with Crippen molar-refractivity contribution in [1.82, 2.24) is 4.90 Å². The largest absolute Gasteiger partial charge is 0.492 e. The summed E-state index contributed by atoms with van der Waals surface area (Å²) in [6, 6.07) is 5.99. The Labute approximate surface area is 144 Å². The first-order chi connectivity index (χ1) is 11.4. The number of aryl methyl sites for hydroxylation is 1. The zero-order valence-electron chi connectivity index (χ0n) is 14.9. The first kappa shape index (κ1) is 18.7. The fourth-order valence-electron chi connectivity index (χ4n) is 3.53. The van der Waals surface area contributed by atoms with Gasteiger partial charge in [0.15, 0.2) is 0 Å². The standard InChI is InChI=1S/C19H29NO4/c1-4-9-19(18(22)23)13-20(10-8-17(19)21)11-12-24-16-7-5-6-14(2)15(16)3/h5-7,17,21H,4,8-13H2,1-3H3,(H,22,23)/t17-,19+/m1/s1. The molecule has 0 bridgehead atoms. The number of nitrogens with zero attached hydrogens (tertiary/aromatic N) is 1. The summed E-state index contributed by atoms with van der Waals surface area (Å²) in [4.78, 5) is 13.9. The first-order valence-electron chi connectivity index (χ1n) is 8.73. The fraction of sp³-hybridized carbons (Fsp3) is 0.632. The lowest BCUT2D eigenvalue weighted by molar-refractivity contribution is -0.164. The molecule has 5 nitrogen and oxygen atoms in total. The molecule has 1 aliphatic heterocycles. The lowest BCUT2D eigenvalue weighted by atomic mass is 9.74. The molecule has 24 heavy (non-hydrogen) atoms. The van der Waals surface area contributed by atoms with Gasteiger partial charge in [0.2, 0.25) is 0 Å². The Kier molecular flexibility index (Phi) is 6.24. The maximum Gasteiger partial charge on any atom is 0.313 e. The maximum absolute atomic E-state index is 11.8. The summed E-state index contributed by atoms with van der Waals surface area (Å²) in [6.45, 7) is 8.32. The molecule has 5 heteroatoms. The van der Waals surface area contributed by atoms with E-state index in [0.29, 0.717) is 39.1 Å². The van der Waals surface area contributed by atoms with Crippen LogP contribution in [0.25, 0.3) is 0 Å². The van der Waals surface area contributed by atoms with Crippen molar-refractivity contribution < 1.29 is 19.7 Å². The first-order valence-corrected chi connectivity index (χ1v) is 8.73. The number of hydrogen-bond donors (Lipinski definition) is 2. The van der Waals surface area contributed by atoms with Gasteiger partial charge >= 0.3 is 5.97 Å². The Hall–Kier alpha value is -1.59. The number of rotatable bonds is 7. The molecular weight excluding hydrogens is 306 g/mol. The number of carboxylic acid groups (broad SMARTS) is 1. The Bertz CT molecular complexity index is 574. The quantitative estimate of drug-likeness (QED) is 0.801. The molecule has 2 atom stereocenters. The summed E-state index contributed by atoms with van der Waals surface area (Å²) in [5, 5.41) is 19.9. The number of aliphatic hydroxyl groups is 1. The molecule has 1 saturated heterocycles. The molecule has 1 aliphatic rings. The number of benzene rings is 1. The van der Waals surface area contributed by atoms with Crippen molar-refractivity contribution >= 4 is 5.97 Å². The Morgan fingerprint density at radius 1 is 1.42 bits per heavy atom. The van der Waals surface area contributed by atoms with Gasteiger partial charge in [-0.2, -0.15) is 0 Å². The van der Waals surface area contributed by atoms with Gasteiger partial charge in [-0.3, -0.25) is 9.69 Å². The number of aliphatic carboxylic acids is 1. The van der Waals surface area contributed by atoms with Crippen LogP contribution in [0.2, 0.25) is 0 Å². The topological polar surface area (TPSA) is 70.0 Å². The molecule has 1 aromatic carbocycles. The van der Waals surface area contributed by atoms with Crippen LogP contribution in [0.5, 0.6) is 5.75 Å². The molecule has 0 amide bonds. The van der Waals surface area contributed by atoms with Crippen LogP contribution in [0.1, 0.15) is 37.3 Å². The van der Waals surface area contributed by atoms with Gasteiger partial charge in [-0.15, -0.1) is 0 Å². The monoisotopic (exact) mass is 335 g/mol. The molecule has 2 rings (SSSR count). The number of ether oxygens (including phenoxy) is 1. The number of piperidine rings is 1. The van der Waals surface area contributed by atoms with Gasteiger partial charge in [0, 0.05) is 19.6 Å². The molecule has 0 unspecified atom stereocenters. The molecule has 0 saturated carbocycles. The summed E-state index contributed by atoms with van der Waals surface area (Å²) < 4.78 is 5.88. The third-order valence-electron chi connectivity index (χ3n) is 5.20. The number of carbonyl (C=O) groups is 1. The van der Waals surface area contributed by atoms with Crippen LogP contribution in [0.4, 0.5) is 0 Å². The van der Waals surface area contributed by atoms with Crippen LogP contribution in [0, 0.1) is 19.3 Å². The van der Waals surface area contributed by atoms with Gasteiger partial charge in [0.25, 0.3) is 0 Å². The summed E-state index contributed by atoms with van der Waals surface area (Å²) in [7, 11) is 0. The van der Waals surface area contributed by atoms with Gasteiger partial charge in [0.1, 0.15) is 17.8 Å². The number of carboxylic acids is 1. The SMILES string of the molecule is CCC[C@]1(C(=O)O)CN(CCOc2cccc(C)c2C)CC[C@H]1O. The molecule has 2 N–H and O–H groups in total. The van der Waals surface area contributed by atoms with Crippen LogP contribution in [-0.2, 0) is 4.79 Å². The van der Waals surface area contributed by atoms with Crippen molar-refractivity contribution in [3.8, 4) is 5.75 Å². The molecular formula is C19H29NO4. The van der Waals surface area contributed by atoms with E-state index >= 15 is 0 Å². The Morgan fingerprint density at radius 2 is 2.17 bits per heavy atom. The molecule has 0 aliphatic carbocycles. The van der Waals surface area contributed by atoms with Crippen LogP contribution in [0.15, 0.2) is 18.2 Å². The number of aliphatic hydroxyl groups excluding tert-OH is 1. The smallest absolute Gasteiger partial charge is 0.313 e. The minimum absolute atomic E-state index is 0.382. The van der Waals surface area contributed by atoms with E-state index in [-0.39, 0.29) is 0 Å². The summed E-state index contributed by atoms with van der Waals surface area (Å²) in [6.07, 6.45) is 0.968. The summed E-state index contributed by atoms with van der Waals surface area (Å²) in [5.41, 5.74) is 1.28. The molecule has 1 aromatic rings. The summed E-state index contributed by atoms with van der Waals surface area (Å²) >= 11 is 0. The predicted octanol–water partition coefficient (Wildman–Crippen LogP) is 2.62. The van der Waals surface area contributed by atoms with Crippen molar-refractivity contribution in [3.63, 3.8) is 0 Å². The van der Waals surface area contributed by atoms with E-state index in [9.17, 15) is 15.0 Å². The zero-order valence-corrected chi connectivity index (χ0v) is 14.9. The highest BCUT2D eigenvalue weighted by Crippen LogP contribution is 2.35. The highest BCUT2D eigenvalue weighted by atomic mass is 16.5. The molecule has 0 aromatic heterocycles. The average Bonchev–Trinajstić information content (AvgIpc) is 2.54. The van der Waals surface area contributed by atoms with E-state index in [1.54, 1.807) is 0 Å². The normalized spacial score (nSPS) is 24.8. The van der Waals surface area contributed by atoms with Gasteiger partial charge < -0.3 is 14.9 Å². The maximum atomic E-state index is 11.8. The van der Waals surface area contributed by atoms with E-state index < -0.39 is 17.5 Å². The lowest BCUT2D eigenvalue weighted by Gasteiger charge is -2.43. The van der Waals surface area contributed by atoms with E-state index in [2.05, 4.69) is 17.9 Å². The average molecular weight is 335 g/mol. The Morgan fingerprint density at radius 3 is 2.83 bits per heavy atom. The minimum Gasteiger partial charge on any atom is -0.492 e. The highest BCUT2D eigenvalue weighted by molar-refractivity contribution is 5.76. The van der Waals surface area contributed by atoms with Crippen molar-refractivity contribution in [2.24, 2.45) is 5.41 Å². The van der Waals surface area contributed by atoms with Crippen molar-refractivity contribution in [2.75, 3.05) is 26.2 Å². The second kappa shape index (κ2) is 7.99. The molecule has 1 fully saturated rings. The van der Waals surface area contributed by atoms with Gasteiger partial charge in [-0.1, -0.05) is 25.5 Å². The van der Waals surface area contributed by atoms with Crippen LogP contribution < -0.4 is 4.74 Å². The second-order valence-corrected chi connectivity index (χ2v) is 6.84. The van der Waals surface area contributed by atoms with E-state index in [4.69, 9.17) is 4.74 Å². The van der Waals surface area contributed by atoms with Gasteiger partial charge in [-0.05, 0) is 43.9 Å².